The number of benzene rings is 1. The van der Waals surface area contributed by atoms with E-state index in [0.717, 1.165) is 65.3 Å². The van der Waals surface area contributed by atoms with Crippen LogP contribution >= 0.6 is 0 Å². The first kappa shape index (κ1) is 31.3. The molecule has 0 N–H and O–H groups in total. The molecule has 1 saturated heterocycles. The van der Waals surface area contributed by atoms with Crippen molar-refractivity contribution in [1.82, 2.24) is 4.98 Å². The standard InChI is InChI=1S/C35H48N2O3/c1-11-13-14-15-24(3)27-16-18-28(19-17-27)29-25(4)36-26(5)30(31(29)37-22-20-35(9,10)21-23-37)32(33(38)39-12-2)40-34(6,7)8/h11,13-19,32H,1,12,20-23H2,2-10H3/b14-13-,24-15+/t32-/m0/s1. The average molecular weight is 545 g/mol. The molecule has 1 aromatic carbocycles. The van der Waals surface area contributed by atoms with E-state index in [2.05, 4.69) is 69.5 Å². The minimum absolute atomic E-state index is 0.280. The number of pyridine rings is 1. The van der Waals surface area contributed by atoms with Gasteiger partial charge in [0.25, 0.3) is 0 Å². The maximum atomic E-state index is 13.5. The van der Waals surface area contributed by atoms with Crippen molar-refractivity contribution in [3.05, 3.63) is 77.7 Å². The summed E-state index contributed by atoms with van der Waals surface area (Å²) in [4.78, 5) is 20.9. The van der Waals surface area contributed by atoms with Crippen LogP contribution in [0.25, 0.3) is 16.7 Å². The van der Waals surface area contributed by atoms with Crippen LogP contribution in [0.1, 0.15) is 89.9 Å². The molecule has 5 nitrogen and oxygen atoms in total. The van der Waals surface area contributed by atoms with Crippen LogP contribution in [-0.2, 0) is 14.3 Å². The number of aryl methyl sites for hydroxylation is 2. The molecule has 1 aromatic heterocycles. The molecule has 0 unspecified atom stereocenters. The Labute approximate surface area is 242 Å². The van der Waals surface area contributed by atoms with Gasteiger partial charge in [0.15, 0.2) is 6.10 Å². The Morgan fingerprint density at radius 2 is 1.73 bits per heavy atom. The number of allylic oxidation sites excluding steroid dienone is 5. The molecular weight excluding hydrogens is 496 g/mol. The summed E-state index contributed by atoms with van der Waals surface area (Å²) in [7, 11) is 0. The quantitative estimate of drug-likeness (QED) is 0.234. The smallest absolute Gasteiger partial charge is 0.340 e. The van der Waals surface area contributed by atoms with Crippen LogP contribution in [0.3, 0.4) is 0 Å². The third kappa shape index (κ3) is 7.72. The molecule has 1 fully saturated rings. The minimum Gasteiger partial charge on any atom is -0.464 e. The number of piperidine rings is 1. The number of hydrogen-bond donors (Lipinski definition) is 0. The number of ether oxygens (including phenoxy) is 2. The van der Waals surface area contributed by atoms with Gasteiger partial charge in [0, 0.05) is 35.6 Å². The van der Waals surface area contributed by atoms with Gasteiger partial charge in [-0.25, -0.2) is 4.79 Å². The number of anilines is 1. The first-order valence-electron chi connectivity index (χ1n) is 14.4. The van der Waals surface area contributed by atoms with E-state index in [0.29, 0.717) is 0 Å². The highest BCUT2D eigenvalue weighted by Crippen LogP contribution is 2.45. The second kappa shape index (κ2) is 13.0. The topological polar surface area (TPSA) is 51.7 Å². The molecule has 1 aliphatic rings. The van der Waals surface area contributed by atoms with Gasteiger partial charge in [-0.2, -0.15) is 0 Å². The van der Waals surface area contributed by atoms with Crippen molar-refractivity contribution in [3.8, 4) is 11.1 Å². The van der Waals surface area contributed by atoms with Crippen molar-refractivity contribution in [3.63, 3.8) is 0 Å². The lowest BCUT2D eigenvalue weighted by molar-refractivity contribution is -0.166. The highest BCUT2D eigenvalue weighted by molar-refractivity contribution is 5.88. The van der Waals surface area contributed by atoms with Crippen molar-refractivity contribution in [2.75, 3.05) is 24.6 Å². The fourth-order valence-electron chi connectivity index (χ4n) is 5.24. The Hall–Kier alpha value is -3.18. The summed E-state index contributed by atoms with van der Waals surface area (Å²) in [6, 6.07) is 8.63. The predicted molar refractivity (Wildman–Crippen MR) is 168 cm³/mol. The van der Waals surface area contributed by atoms with Gasteiger partial charge in [0.05, 0.1) is 17.9 Å². The summed E-state index contributed by atoms with van der Waals surface area (Å²) in [5.41, 5.74) is 7.75. The fraction of sp³-hybridized carbons (Fsp3) is 0.486. The molecule has 3 rings (SSSR count). The molecule has 0 aliphatic carbocycles. The molecule has 2 aromatic rings. The molecular formula is C35H48N2O3. The van der Waals surface area contributed by atoms with E-state index in [1.807, 2.05) is 46.8 Å². The summed E-state index contributed by atoms with van der Waals surface area (Å²) < 4.78 is 12.0. The van der Waals surface area contributed by atoms with Gasteiger partial charge < -0.3 is 14.4 Å². The highest BCUT2D eigenvalue weighted by Gasteiger charge is 2.37. The number of rotatable bonds is 9. The van der Waals surface area contributed by atoms with Gasteiger partial charge in [0.1, 0.15) is 0 Å². The van der Waals surface area contributed by atoms with Crippen molar-refractivity contribution in [2.24, 2.45) is 5.41 Å². The van der Waals surface area contributed by atoms with E-state index < -0.39 is 11.7 Å². The monoisotopic (exact) mass is 544 g/mol. The molecule has 0 bridgehead atoms. The van der Waals surface area contributed by atoms with Crippen LogP contribution in [0, 0.1) is 19.3 Å². The average Bonchev–Trinajstić information content (AvgIpc) is 2.87. The lowest BCUT2D eigenvalue weighted by Gasteiger charge is -2.41. The van der Waals surface area contributed by atoms with E-state index in [4.69, 9.17) is 14.5 Å². The number of aromatic nitrogens is 1. The molecule has 1 atom stereocenters. The number of esters is 1. The summed E-state index contributed by atoms with van der Waals surface area (Å²) >= 11 is 0. The van der Waals surface area contributed by atoms with Crippen molar-refractivity contribution in [1.29, 1.82) is 0 Å². The molecule has 1 aliphatic heterocycles. The molecule has 2 heterocycles. The zero-order valence-corrected chi connectivity index (χ0v) is 26.1. The van der Waals surface area contributed by atoms with Gasteiger partial charge in [-0.3, -0.25) is 4.98 Å². The highest BCUT2D eigenvalue weighted by atomic mass is 16.6. The van der Waals surface area contributed by atoms with Crippen LogP contribution in [0.5, 0.6) is 0 Å². The summed E-state index contributed by atoms with van der Waals surface area (Å²) in [5, 5.41) is 0. The Bertz CT molecular complexity index is 1250. The van der Waals surface area contributed by atoms with Gasteiger partial charge >= 0.3 is 5.97 Å². The van der Waals surface area contributed by atoms with Crippen LogP contribution < -0.4 is 4.90 Å². The number of hydrogen-bond acceptors (Lipinski definition) is 5. The van der Waals surface area contributed by atoms with Crippen LogP contribution in [0.4, 0.5) is 5.69 Å². The van der Waals surface area contributed by atoms with E-state index in [1.54, 1.807) is 6.08 Å². The maximum Gasteiger partial charge on any atom is 0.340 e. The second-order valence-corrected chi connectivity index (χ2v) is 12.5. The van der Waals surface area contributed by atoms with Crippen molar-refractivity contribution in [2.45, 2.75) is 86.9 Å². The fourth-order valence-corrected chi connectivity index (χ4v) is 5.24. The molecule has 5 heteroatoms. The van der Waals surface area contributed by atoms with Crippen molar-refractivity contribution >= 4 is 17.2 Å². The van der Waals surface area contributed by atoms with E-state index in [1.165, 1.54) is 5.57 Å². The predicted octanol–water partition coefficient (Wildman–Crippen LogP) is 8.56. The lowest BCUT2D eigenvalue weighted by atomic mass is 9.81. The Kier molecular flexibility index (Phi) is 10.2. The maximum absolute atomic E-state index is 13.5. The van der Waals surface area contributed by atoms with Gasteiger partial charge in [-0.15, -0.1) is 0 Å². The van der Waals surface area contributed by atoms with E-state index in [9.17, 15) is 4.79 Å². The molecule has 0 radical (unpaired) electrons. The van der Waals surface area contributed by atoms with Gasteiger partial charge in [-0.05, 0) is 83.4 Å². The first-order chi connectivity index (χ1) is 18.8. The van der Waals surface area contributed by atoms with Crippen molar-refractivity contribution < 1.29 is 14.3 Å². The van der Waals surface area contributed by atoms with Crippen LogP contribution in [-0.4, -0.2) is 36.3 Å². The Morgan fingerprint density at radius 1 is 1.10 bits per heavy atom. The third-order valence-corrected chi connectivity index (χ3v) is 7.47. The molecule has 0 saturated carbocycles. The van der Waals surface area contributed by atoms with Gasteiger partial charge in [0.2, 0.25) is 0 Å². The zero-order chi connectivity index (χ0) is 29.7. The molecule has 0 amide bonds. The summed E-state index contributed by atoms with van der Waals surface area (Å²) in [5.74, 6) is -0.376. The lowest BCUT2D eigenvalue weighted by Crippen LogP contribution is -2.39. The first-order valence-corrected chi connectivity index (χ1v) is 14.4. The minimum atomic E-state index is -0.877. The zero-order valence-electron chi connectivity index (χ0n) is 26.1. The largest absolute Gasteiger partial charge is 0.464 e. The normalized spacial score (nSPS) is 16.7. The Morgan fingerprint density at radius 3 is 2.27 bits per heavy atom. The third-order valence-electron chi connectivity index (χ3n) is 7.47. The molecule has 216 valence electrons. The summed E-state index contributed by atoms with van der Waals surface area (Å²) in [6.07, 6.45) is 9.03. The van der Waals surface area contributed by atoms with Gasteiger partial charge in [-0.1, -0.05) is 69.0 Å². The Balaban J connectivity index is 2.26. The number of carbonyl (C=O) groups is 1. The van der Waals surface area contributed by atoms with E-state index >= 15 is 0 Å². The second-order valence-electron chi connectivity index (χ2n) is 12.5. The van der Waals surface area contributed by atoms with Crippen LogP contribution in [0.2, 0.25) is 0 Å². The number of nitrogens with zero attached hydrogens (tertiary/aromatic N) is 2. The van der Waals surface area contributed by atoms with Crippen LogP contribution in [0.15, 0.2) is 55.1 Å². The molecule has 40 heavy (non-hydrogen) atoms. The SMILES string of the molecule is C=C/C=C\C=C(/C)c1ccc(-c2c(C)nc(C)c([C@H](OC(C)(C)C)C(=O)OCC)c2N2CCC(C)(C)CC2)cc1. The summed E-state index contributed by atoms with van der Waals surface area (Å²) in [6.45, 7) is 24.4. The van der Waals surface area contributed by atoms with E-state index in [-0.39, 0.29) is 18.0 Å². The molecule has 0 spiro atoms. The number of carbonyl (C=O) groups excluding carboxylic acids is 1.